The average Bonchev–Trinajstić information content (AvgIpc) is 3.86. The third-order valence-corrected chi connectivity index (χ3v) is 12.6. The van der Waals surface area contributed by atoms with E-state index in [4.69, 9.17) is 4.42 Å². The van der Waals surface area contributed by atoms with E-state index in [0.29, 0.717) is 0 Å². The summed E-state index contributed by atoms with van der Waals surface area (Å²) in [6.07, 6.45) is 0. The largest absolute Gasteiger partial charge is 0.455 e. The zero-order chi connectivity index (χ0) is 36.0. The number of nitrogens with zero attached hydrogens (tertiary/aromatic N) is 1. The lowest BCUT2D eigenvalue weighted by molar-refractivity contribution is 0.660. The molecule has 2 heterocycles. The monoisotopic (exact) mass is 709 g/mol. The van der Waals surface area contributed by atoms with E-state index in [2.05, 4.69) is 189 Å². The quantitative estimate of drug-likeness (QED) is 0.177. The molecule has 0 amide bonds. The Morgan fingerprint density at radius 2 is 1.11 bits per heavy atom. The van der Waals surface area contributed by atoms with Crippen LogP contribution in [0, 0.1) is 0 Å². The minimum absolute atomic E-state index is 0.0885. The van der Waals surface area contributed by atoms with Crippen LogP contribution >= 0.6 is 11.3 Å². The summed E-state index contributed by atoms with van der Waals surface area (Å²) in [5.41, 5.74) is 15.1. The highest BCUT2D eigenvalue weighted by Gasteiger charge is 2.37. The molecule has 0 spiro atoms. The van der Waals surface area contributed by atoms with Crippen molar-refractivity contribution in [3.63, 3.8) is 0 Å². The first-order chi connectivity index (χ1) is 26.5. The Hall–Kier alpha value is -6.42. The number of para-hydroxylation sites is 3. The summed E-state index contributed by atoms with van der Waals surface area (Å²) in [4.78, 5) is 2.45. The van der Waals surface area contributed by atoms with Crippen LogP contribution in [0.5, 0.6) is 0 Å². The minimum Gasteiger partial charge on any atom is -0.455 e. The Kier molecular flexibility index (Phi) is 6.80. The normalized spacial score (nSPS) is 13.1. The summed E-state index contributed by atoms with van der Waals surface area (Å²) in [5.74, 6) is 0. The molecule has 8 aromatic carbocycles. The van der Waals surface area contributed by atoms with Crippen LogP contribution in [-0.4, -0.2) is 0 Å². The number of thiophene rings is 1. The highest BCUT2D eigenvalue weighted by atomic mass is 32.1. The lowest BCUT2D eigenvalue weighted by Gasteiger charge is -2.29. The highest BCUT2D eigenvalue weighted by molar-refractivity contribution is 7.25. The minimum atomic E-state index is -0.0885. The topological polar surface area (TPSA) is 16.4 Å². The van der Waals surface area contributed by atoms with E-state index in [1.165, 1.54) is 53.6 Å². The van der Waals surface area contributed by atoms with Crippen LogP contribution in [0.15, 0.2) is 180 Å². The molecule has 10 aromatic rings. The van der Waals surface area contributed by atoms with Gasteiger partial charge in [0, 0.05) is 58.9 Å². The molecule has 2 nitrogen and oxygen atoms in total. The fourth-order valence-corrected chi connectivity index (χ4v) is 10.1. The van der Waals surface area contributed by atoms with Gasteiger partial charge in [-0.3, -0.25) is 0 Å². The summed E-state index contributed by atoms with van der Waals surface area (Å²) >= 11 is 1.86. The fourth-order valence-electron chi connectivity index (χ4n) is 8.94. The predicted octanol–water partition coefficient (Wildman–Crippen LogP) is 15.1. The van der Waals surface area contributed by atoms with Gasteiger partial charge >= 0.3 is 0 Å². The van der Waals surface area contributed by atoms with Crippen molar-refractivity contribution in [1.82, 2.24) is 0 Å². The van der Waals surface area contributed by atoms with Gasteiger partial charge in [0.1, 0.15) is 11.2 Å². The smallest absolute Gasteiger partial charge is 0.143 e. The molecular weight excluding hydrogens is 675 g/mol. The molecule has 0 bridgehead atoms. The van der Waals surface area contributed by atoms with Gasteiger partial charge in [-0.25, -0.2) is 0 Å². The summed E-state index contributed by atoms with van der Waals surface area (Å²) in [6, 6.07) is 64.2. The summed E-state index contributed by atoms with van der Waals surface area (Å²) in [5, 5.41) is 4.86. The van der Waals surface area contributed by atoms with Gasteiger partial charge in [-0.2, -0.15) is 0 Å². The summed E-state index contributed by atoms with van der Waals surface area (Å²) in [7, 11) is 0. The van der Waals surface area contributed by atoms with E-state index >= 15 is 0 Å². The van der Waals surface area contributed by atoms with Gasteiger partial charge in [-0.1, -0.05) is 147 Å². The van der Waals surface area contributed by atoms with Crippen molar-refractivity contribution in [2.45, 2.75) is 19.3 Å². The van der Waals surface area contributed by atoms with Gasteiger partial charge < -0.3 is 9.32 Å². The van der Waals surface area contributed by atoms with E-state index in [0.717, 1.165) is 50.1 Å². The molecule has 0 radical (unpaired) electrons. The molecule has 0 saturated carbocycles. The van der Waals surface area contributed by atoms with Gasteiger partial charge in [-0.05, 0) is 75.8 Å². The molecule has 0 N–H and O–H groups in total. The first-order valence-electron chi connectivity index (χ1n) is 18.6. The first-order valence-corrected chi connectivity index (χ1v) is 19.4. The third-order valence-electron chi connectivity index (χ3n) is 11.5. The maximum absolute atomic E-state index is 6.54. The molecule has 0 aliphatic heterocycles. The van der Waals surface area contributed by atoms with Crippen LogP contribution in [0.3, 0.4) is 0 Å². The summed E-state index contributed by atoms with van der Waals surface area (Å²) < 4.78 is 9.12. The molecule has 1 aliphatic rings. The fraction of sp³-hybridized carbons (Fsp3) is 0.0588. The van der Waals surface area contributed by atoms with Crippen LogP contribution in [0.4, 0.5) is 17.1 Å². The maximum Gasteiger partial charge on any atom is 0.143 e. The van der Waals surface area contributed by atoms with Crippen LogP contribution in [0.2, 0.25) is 0 Å². The second kappa shape index (κ2) is 11.8. The Morgan fingerprint density at radius 3 is 2.04 bits per heavy atom. The molecule has 0 unspecified atom stereocenters. The molecule has 1 aliphatic carbocycles. The molecule has 256 valence electrons. The lowest BCUT2D eigenvalue weighted by atomic mass is 9.82. The Labute approximate surface area is 318 Å². The van der Waals surface area contributed by atoms with Crippen molar-refractivity contribution < 1.29 is 4.42 Å². The Morgan fingerprint density at radius 1 is 0.463 bits per heavy atom. The van der Waals surface area contributed by atoms with Crippen LogP contribution in [0.25, 0.3) is 75.5 Å². The van der Waals surface area contributed by atoms with E-state index in [9.17, 15) is 0 Å². The molecule has 0 fully saturated rings. The SMILES string of the molecule is CC1(C)c2ccccc2-c2c(-c3ccccc3N(c3cccc(-c4cccc5c4oc4ccccc45)c3)c3ccc4c(c3)sc3ccccc34)cccc21. The second-order valence-electron chi connectivity index (χ2n) is 14.9. The van der Waals surface area contributed by atoms with Crippen LogP contribution in [-0.2, 0) is 5.41 Å². The van der Waals surface area contributed by atoms with Gasteiger partial charge in [0.2, 0.25) is 0 Å². The van der Waals surface area contributed by atoms with E-state index in [1.807, 2.05) is 17.4 Å². The average molecular weight is 710 g/mol. The Balaban J connectivity index is 1.15. The van der Waals surface area contributed by atoms with Crippen molar-refractivity contribution >= 4 is 70.5 Å². The van der Waals surface area contributed by atoms with E-state index in [1.54, 1.807) is 0 Å². The van der Waals surface area contributed by atoms with Crippen molar-refractivity contribution in [2.24, 2.45) is 0 Å². The molecule has 11 rings (SSSR count). The molecule has 3 heteroatoms. The number of hydrogen-bond donors (Lipinski definition) is 0. The molecule has 54 heavy (non-hydrogen) atoms. The second-order valence-corrected chi connectivity index (χ2v) is 15.9. The third kappa shape index (κ3) is 4.58. The number of furan rings is 1. The number of anilines is 3. The number of hydrogen-bond acceptors (Lipinski definition) is 3. The summed E-state index contributed by atoms with van der Waals surface area (Å²) in [6.45, 7) is 4.71. The van der Waals surface area contributed by atoms with Crippen LogP contribution < -0.4 is 4.90 Å². The molecular formula is C51H35NOS. The zero-order valence-corrected chi connectivity index (χ0v) is 30.8. The van der Waals surface area contributed by atoms with Crippen LogP contribution in [0.1, 0.15) is 25.0 Å². The van der Waals surface area contributed by atoms with E-state index < -0.39 is 0 Å². The lowest BCUT2D eigenvalue weighted by Crippen LogP contribution is -2.14. The van der Waals surface area contributed by atoms with Crippen molar-refractivity contribution in [2.75, 3.05) is 4.90 Å². The number of rotatable bonds is 5. The van der Waals surface area contributed by atoms with Crippen molar-refractivity contribution in [3.8, 4) is 33.4 Å². The standard InChI is InChI=1S/C51H35NOS/c1-51(2)43-23-7-3-19-42(43)49-40(21-13-24-44(49)51)36-16-4-8-25-45(36)52(34-28-29-39-38-18-6-10-27-47(38)54-48(39)31-34)33-15-11-14-32(30-33)35-20-12-22-41-37-17-5-9-26-46(37)53-50(35)41/h3-31H,1-2H3. The highest BCUT2D eigenvalue weighted by Crippen LogP contribution is 2.54. The molecule has 0 atom stereocenters. The Bertz CT molecular complexity index is 3110. The van der Waals surface area contributed by atoms with Gasteiger partial charge in [0.25, 0.3) is 0 Å². The van der Waals surface area contributed by atoms with Gasteiger partial charge in [-0.15, -0.1) is 11.3 Å². The maximum atomic E-state index is 6.54. The molecule has 2 aromatic heterocycles. The zero-order valence-electron chi connectivity index (χ0n) is 30.0. The van der Waals surface area contributed by atoms with Gasteiger partial charge in [0.05, 0.1) is 5.69 Å². The number of benzene rings is 8. The van der Waals surface area contributed by atoms with Gasteiger partial charge in [0.15, 0.2) is 0 Å². The van der Waals surface area contributed by atoms with Crippen molar-refractivity contribution in [3.05, 3.63) is 187 Å². The van der Waals surface area contributed by atoms with E-state index in [-0.39, 0.29) is 5.41 Å². The van der Waals surface area contributed by atoms with Crippen molar-refractivity contribution in [1.29, 1.82) is 0 Å². The first kappa shape index (κ1) is 31.1. The molecule has 0 saturated heterocycles. The predicted molar refractivity (Wildman–Crippen MR) is 230 cm³/mol. The number of fused-ring (bicyclic) bond motifs is 9.